The van der Waals surface area contributed by atoms with E-state index < -0.39 is 5.97 Å². The molecule has 1 aromatic rings. The van der Waals surface area contributed by atoms with Crippen LogP contribution in [0.1, 0.15) is 57.4 Å². The molecule has 21 heavy (non-hydrogen) atoms. The number of hydrogen-bond donors (Lipinski definition) is 2. The SMILES string of the molecule is CCCn1cccc1C(=O)NC(CC(=O)O)CC(C)(C)C. The van der Waals surface area contributed by atoms with Gasteiger partial charge in [-0.05, 0) is 30.4 Å². The standard InChI is InChI=1S/C16H26N2O3/c1-5-8-18-9-6-7-13(18)15(21)17-12(10-14(19)20)11-16(2,3)4/h6-7,9,12H,5,8,10-11H2,1-4H3,(H,17,21)(H,19,20). The molecule has 0 spiro atoms. The summed E-state index contributed by atoms with van der Waals surface area (Å²) in [6, 6.07) is 3.24. The van der Waals surface area contributed by atoms with E-state index in [0.29, 0.717) is 12.1 Å². The largest absolute Gasteiger partial charge is 0.481 e. The van der Waals surface area contributed by atoms with Gasteiger partial charge in [-0.2, -0.15) is 0 Å². The average molecular weight is 294 g/mol. The Morgan fingerprint density at radius 2 is 2.05 bits per heavy atom. The number of nitrogens with one attached hydrogen (secondary N) is 1. The van der Waals surface area contributed by atoms with E-state index in [4.69, 9.17) is 5.11 Å². The van der Waals surface area contributed by atoms with E-state index >= 15 is 0 Å². The van der Waals surface area contributed by atoms with Crippen LogP contribution in [0.3, 0.4) is 0 Å². The monoisotopic (exact) mass is 294 g/mol. The van der Waals surface area contributed by atoms with Gasteiger partial charge in [0.1, 0.15) is 5.69 Å². The summed E-state index contributed by atoms with van der Waals surface area (Å²) in [6.07, 6.45) is 3.38. The Kier molecular flexibility index (Phi) is 6.00. The number of carbonyl (C=O) groups is 2. The first-order valence-electron chi connectivity index (χ1n) is 7.40. The molecule has 0 saturated carbocycles. The molecule has 118 valence electrons. The molecule has 0 aliphatic heterocycles. The molecule has 0 saturated heterocycles. The van der Waals surface area contributed by atoms with Crippen molar-refractivity contribution < 1.29 is 14.7 Å². The highest BCUT2D eigenvalue weighted by Crippen LogP contribution is 2.22. The Balaban J connectivity index is 2.79. The number of amides is 1. The summed E-state index contributed by atoms with van der Waals surface area (Å²) in [7, 11) is 0. The predicted octanol–water partition coefficient (Wildman–Crippen LogP) is 2.91. The molecule has 0 aliphatic rings. The summed E-state index contributed by atoms with van der Waals surface area (Å²) >= 11 is 0. The Morgan fingerprint density at radius 1 is 1.38 bits per heavy atom. The van der Waals surface area contributed by atoms with E-state index in [0.717, 1.165) is 13.0 Å². The quantitative estimate of drug-likeness (QED) is 0.812. The molecule has 5 heteroatoms. The van der Waals surface area contributed by atoms with E-state index in [1.54, 1.807) is 6.07 Å². The number of aliphatic carboxylic acids is 1. The van der Waals surface area contributed by atoms with Crippen molar-refractivity contribution in [2.24, 2.45) is 5.41 Å². The van der Waals surface area contributed by atoms with Crippen molar-refractivity contribution in [1.82, 2.24) is 9.88 Å². The molecule has 0 bridgehead atoms. The third-order valence-corrected chi connectivity index (χ3v) is 3.14. The van der Waals surface area contributed by atoms with E-state index in [1.165, 1.54) is 0 Å². The first-order valence-corrected chi connectivity index (χ1v) is 7.40. The van der Waals surface area contributed by atoms with Gasteiger partial charge < -0.3 is 15.0 Å². The summed E-state index contributed by atoms with van der Waals surface area (Å²) in [5.41, 5.74) is 0.542. The van der Waals surface area contributed by atoms with Crippen LogP contribution in [-0.2, 0) is 11.3 Å². The zero-order chi connectivity index (χ0) is 16.0. The number of nitrogens with zero attached hydrogens (tertiary/aromatic N) is 1. The number of aromatic nitrogens is 1. The van der Waals surface area contributed by atoms with Crippen LogP contribution < -0.4 is 5.32 Å². The molecular formula is C16H26N2O3. The van der Waals surface area contributed by atoms with Gasteiger partial charge in [-0.1, -0.05) is 27.7 Å². The third kappa shape index (κ3) is 6.02. The number of carboxylic acids is 1. The molecule has 0 aromatic carbocycles. The van der Waals surface area contributed by atoms with Crippen LogP contribution in [0.15, 0.2) is 18.3 Å². The van der Waals surface area contributed by atoms with Crippen molar-refractivity contribution in [3.05, 3.63) is 24.0 Å². The van der Waals surface area contributed by atoms with Gasteiger partial charge in [0.15, 0.2) is 0 Å². The minimum atomic E-state index is -0.895. The molecular weight excluding hydrogens is 268 g/mol. The maximum absolute atomic E-state index is 12.4. The molecule has 2 N–H and O–H groups in total. The van der Waals surface area contributed by atoms with Crippen molar-refractivity contribution in [2.75, 3.05) is 0 Å². The van der Waals surface area contributed by atoms with Crippen LogP contribution >= 0.6 is 0 Å². The highest BCUT2D eigenvalue weighted by molar-refractivity contribution is 5.93. The van der Waals surface area contributed by atoms with Crippen LogP contribution in [0.25, 0.3) is 0 Å². The fraction of sp³-hybridized carbons (Fsp3) is 0.625. The lowest BCUT2D eigenvalue weighted by molar-refractivity contribution is -0.137. The summed E-state index contributed by atoms with van der Waals surface area (Å²) in [6.45, 7) is 8.93. The van der Waals surface area contributed by atoms with Crippen molar-refractivity contribution >= 4 is 11.9 Å². The summed E-state index contributed by atoms with van der Waals surface area (Å²) in [4.78, 5) is 23.3. The number of aryl methyl sites for hydroxylation is 1. The van der Waals surface area contributed by atoms with Gasteiger partial charge >= 0.3 is 5.97 Å². The number of carbonyl (C=O) groups excluding carboxylic acids is 1. The Labute approximate surface area is 126 Å². The van der Waals surface area contributed by atoms with E-state index in [1.807, 2.05) is 37.6 Å². The van der Waals surface area contributed by atoms with Crippen molar-refractivity contribution in [3.8, 4) is 0 Å². The van der Waals surface area contributed by atoms with Gasteiger partial charge in [-0.25, -0.2) is 0 Å². The lowest BCUT2D eigenvalue weighted by Gasteiger charge is -2.26. The van der Waals surface area contributed by atoms with E-state index in [-0.39, 0.29) is 23.8 Å². The zero-order valence-corrected chi connectivity index (χ0v) is 13.3. The molecule has 0 radical (unpaired) electrons. The lowest BCUT2D eigenvalue weighted by atomic mass is 9.87. The van der Waals surface area contributed by atoms with Crippen LogP contribution in [0, 0.1) is 5.41 Å². The first-order chi connectivity index (χ1) is 9.73. The summed E-state index contributed by atoms with van der Waals surface area (Å²) in [5.74, 6) is -1.10. The van der Waals surface area contributed by atoms with Gasteiger partial charge in [0.05, 0.1) is 6.42 Å². The summed E-state index contributed by atoms with van der Waals surface area (Å²) in [5, 5.41) is 11.9. The molecule has 0 aliphatic carbocycles. The number of rotatable bonds is 7. The van der Waals surface area contributed by atoms with Crippen LogP contribution in [0.5, 0.6) is 0 Å². The third-order valence-electron chi connectivity index (χ3n) is 3.14. The Morgan fingerprint density at radius 3 is 2.57 bits per heavy atom. The highest BCUT2D eigenvalue weighted by Gasteiger charge is 2.24. The fourth-order valence-corrected chi connectivity index (χ4v) is 2.44. The molecule has 0 fully saturated rings. The predicted molar refractivity (Wildman–Crippen MR) is 82.3 cm³/mol. The topological polar surface area (TPSA) is 71.3 Å². The van der Waals surface area contributed by atoms with Gasteiger partial charge in [0.2, 0.25) is 0 Å². The fourth-order valence-electron chi connectivity index (χ4n) is 2.44. The van der Waals surface area contributed by atoms with Crippen molar-refractivity contribution in [1.29, 1.82) is 0 Å². The highest BCUT2D eigenvalue weighted by atomic mass is 16.4. The molecule has 1 amide bonds. The minimum absolute atomic E-state index is 0.0428. The van der Waals surface area contributed by atoms with E-state index in [2.05, 4.69) is 12.2 Å². The van der Waals surface area contributed by atoms with Crippen molar-refractivity contribution in [3.63, 3.8) is 0 Å². The van der Waals surface area contributed by atoms with Gasteiger partial charge in [-0.15, -0.1) is 0 Å². The molecule has 1 aromatic heterocycles. The second-order valence-corrected chi connectivity index (χ2v) is 6.62. The van der Waals surface area contributed by atoms with Crippen molar-refractivity contribution in [2.45, 2.75) is 59.5 Å². The first kappa shape index (κ1) is 17.3. The summed E-state index contributed by atoms with van der Waals surface area (Å²) < 4.78 is 1.89. The maximum Gasteiger partial charge on any atom is 0.305 e. The normalized spacial score (nSPS) is 13.0. The lowest BCUT2D eigenvalue weighted by Crippen LogP contribution is -2.39. The second kappa shape index (κ2) is 7.29. The molecule has 1 rings (SSSR count). The van der Waals surface area contributed by atoms with E-state index in [9.17, 15) is 9.59 Å². The van der Waals surface area contributed by atoms with Gasteiger partial charge in [0.25, 0.3) is 5.91 Å². The smallest absolute Gasteiger partial charge is 0.305 e. The second-order valence-electron chi connectivity index (χ2n) is 6.62. The van der Waals surface area contributed by atoms with Crippen LogP contribution in [0.2, 0.25) is 0 Å². The Bertz CT molecular complexity index is 486. The van der Waals surface area contributed by atoms with Gasteiger partial charge in [0, 0.05) is 18.8 Å². The molecule has 1 unspecified atom stereocenters. The maximum atomic E-state index is 12.4. The van der Waals surface area contributed by atoms with Gasteiger partial charge in [-0.3, -0.25) is 9.59 Å². The molecule has 1 atom stereocenters. The van der Waals surface area contributed by atoms with Crippen LogP contribution in [0.4, 0.5) is 0 Å². The molecule has 1 heterocycles. The number of carboxylic acid groups (broad SMARTS) is 1. The van der Waals surface area contributed by atoms with Crippen LogP contribution in [-0.4, -0.2) is 27.6 Å². The minimum Gasteiger partial charge on any atom is -0.481 e. The Hall–Kier alpha value is -1.78. The molecule has 5 nitrogen and oxygen atoms in total. The number of hydrogen-bond acceptors (Lipinski definition) is 2. The zero-order valence-electron chi connectivity index (χ0n) is 13.3. The average Bonchev–Trinajstić information content (AvgIpc) is 2.74.